The highest BCUT2D eigenvalue weighted by atomic mass is 15.1. The van der Waals surface area contributed by atoms with Crippen molar-refractivity contribution in [2.24, 2.45) is 7.05 Å². The lowest BCUT2D eigenvalue weighted by molar-refractivity contribution is -0.633. The van der Waals surface area contributed by atoms with Crippen LogP contribution in [0.3, 0.4) is 0 Å². The van der Waals surface area contributed by atoms with Crippen molar-refractivity contribution in [3.63, 3.8) is 0 Å². The molecule has 0 amide bonds. The van der Waals surface area contributed by atoms with Gasteiger partial charge in [0.05, 0.1) is 27.7 Å². The number of benzene rings is 3. The van der Waals surface area contributed by atoms with E-state index in [0.29, 0.717) is 12.0 Å². The van der Waals surface area contributed by atoms with Gasteiger partial charge in [-0.3, -0.25) is 4.57 Å². The quantitative estimate of drug-likeness (QED) is 0.315. The second kappa shape index (κ2) is 6.27. The average Bonchev–Trinajstić information content (AvgIpc) is 3.31. The van der Waals surface area contributed by atoms with Crippen LogP contribution in [0.2, 0.25) is 0 Å². The highest BCUT2D eigenvalue weighted by molar-refractivity contribution is 5.87. The number of fused-ring (bicyclic) bond motifs is 6. The first-order chi connectivity index (χ1) is 16.2. The maximum Gasteiger partial charge on any atom is 0.213 e. The molecule has 0 unspecified atom stereocenters. The minimum Gasteiger partial charge on any atom is -0.296 e. The normalized spacial score (nSPS) is 14.4. The van der Waals surface area contributed by atoms with Crippen molar-refractivity contribution in [1.82, 2.24) is 9.55 Å². The molecule has 3 heteroatoms. The van der Waals surface area contributed by atoms with E-state index in [-0.39, 0.29) is 0 Å². The zero-order valence-corrected chi connectivity index (χ0v) is 18.2. The molecule has 1 aliphatic rings. The first kappa shape index (κ1) is 15.4. The van der Waals surface area contributed by atoms with Gasteiger partial charge in [-0.25, -0.2) is 4.98 Å². The number of hydrogen-bond donors (Lipinski definition) is 0. The Morgan fingerprint density at radius 2 is 1.81 bits per heavy atom. The Morgan fingerprint density at radius 1 is 0.968 bits per heavy atom. The van der Waals surface area contributed by atoms with E-state index in [1.165, 1.54) is 16.5 Å². The first-order valence-electron chi connectivity index (χ1n) is 12.2. The van der Waals surface area contributed by atoms with Gasteiger partial charge >= 0.3 is 0 Å². The van der Waals surface area contributed by atoms with Crippen molar-refractivity contribution in [2.75, 3.05) is 0 Å². The van der Waals surface area contributed by atoms with Crippen molar-refractivity contribution in [1.29, 1.82) is 0 Å². The van der Waals surface area contributed by atoms with Gasteiger partial charge in [-0.1, -0.05) is 24.3 Å². The van der Waals surface area contributed by atoms with Crippen molar-refractivity contribution in [2.45, 2.75) is 34.0 Å². The average molecular weight is 408 g/mol. The molecule has 3 aromatic carbocycles. The summed E-state index contributed by atoms with van der Waals surface area (Å²) < 4.78 is 29.3. The number of imidazole rings is 1. The van der Waals surface area contributed by atoms with E-state index in [9.17, 15) is 0 Å². The van der Waals surface area contributed by atoms with E-state index < -0.39 is 6.85 Å². The van der Waals surface area contributed by atoms with Crippen molar-refractivity contribution in [3.8, 4) is 16.9 Å². The van der Waals surface area contributed by atoms with Gasteiger partial charge in [0.25, 0.3) is 0 Å². The standard InChI is InChI=1S/C28H26N3/c1-16-9-8-12-23-27(16)18(3)14-25(30(23)5)28-19(4)17(2)13-24-20(28)15-26-29-21-10-6-7-11-22(21)31(24)26/h6-14H,15H2,1-5H3/q+1/i2D3. The number of rotatable bonds is 1. The van der Waals surface area contributed by atoms with Crippen LogP contribution in [0.1, 0.15) is 37.8 Å². The van der Waals surface area contributed by atoms with E-state index in [0.717, 1.165) is 50.4 Å². The monoisotopic (exact) mass is 407 g/mol. The number of para-hydroxylation sites is 2. The van der Waals surface area contributed by atoms with Crippen LogP contribution in [0.4, 0.5) is 0 Å². The van der Waals surface area contributed by atoms with Gasteiger partial charge < -0.3 is 0 Å². The number of aromatic nitrogens is 3. The van der Waals surface area contributed by atoms with Gasteiger partial charge in [0.15, 0.2) is 0 Å². The maximum atomic E-state index is 8.30. The van der Waals surface area contributed by atoms with E-state index in [1.807, 2.05) is 31.2 Å². The predicted octanol–water partition coefficient (Wildman–Crippen LogP) is 5.81. The summed E-state index contributed by atoms with van der Waals surface area (Å²) >= 11 is 0. The molecule has 3 nitrogen and oxygen atoms in total. The van der Waals surface area contributed by atoms with Crippen LogP contribution >= 0.6 is 0 Å². The van der Waals surface area contributed by atoms with Gasteiger partial charge in [0.1, 0.15) is 12.9 Å². The lowest BCUT2D eigenvalue weighted by Crippen LogP contribution is -2.33. The van der Waals surface area contributed by atoms with Crippen LogP contribution in [0.5, 0.6) is 0 Å². The molecule has 152 valence electrons. The van der Waals surface area contributed by atoms with E-state index in [4.69, 9.17) is 9.10 Å². The third-order valence-corrected chi connectivity index (χ3v) is 6.85. The molecule has 0 saturated heterocycles. The third kappa shape index (κ3) is 2.40. The van der Waals surface area contributed by atoms with Crippen LogP contribution in [-0.4, -0.2) is 9.55 Å². The topological polar surface area (TPSA) is 21.7 Å². The maximum absolute atomic E-state index is 8.30. The van der Waals surface area contributed by atoms with Gasteiger partial charge in [0.2, 0.25) is 11.2 Å². The Morgan fingerprint density at radius 3 is 2.65 bits per heavy atom. The summed E-state index contributed by atoms with van der Waals surface area (Å²) in [6, 6.07) is 18.5. The van der Waals surface area contributed by atoms with Crippen LogP contribution in [0.15, 0.2) is 54.6 Å². The van der Waals surface area contributed by atoms with Gasteiger partial charge in [-0.15, -0.1) is 0 Å². The van der Waals surface area contributed by atoms with Gasteiger partial charge in [-0.2, -0.15) is 4.57 Å². The molecule has 2 aromatic heterocycles. The van der Waals surface area contributed by atoms with E-state index in [1.54, 1.807) is 0 Å². The van der Waals surface area contributed by atoms with Crippen LogP contribution in [0.25, 0.3) is 38.9 Å². The summed E-state index contributed by atoms with van der Waals surface area (Å²) in [7, 11) is 2.08. The molecule has 1 aliphatic heterocycles. The molecule has 5 aromatic rings. The molecule has 0 aliphatic carbocycles. The number of hydrogen-bond acceptors (Lipinski definition) is 1. The molecule has 3 heterocycles. The Hall–Kier alpha value is -3.46. The summed E-state index contributed by atoms with van der Waals surface area (Å²) in [4.78, 5) is 4.88. The van der Waals surface area contributed by atoms with Crippen LogP contribution in [-0.2, 0) is 13.5 Å². The molecular formula is C28H26N3+. The molecule has 31 heavy (non-hydrogen) atoms. The Labute approximate surface area is 186 Å². The summed E-state index contributed by atoms with van der Waals surface area (Å²) in [5.41, 5.74) is 10.8. The molecule has 6 rings (SSSR count). The molecule has 0 atom stereocenters. The number of aryl methyl sites for hydroxylation is 4. The largest absolute Gasteiger partial charge is 0.296 e. The third-order valence-electron chi connectivity index (χ3n) is 6.85. The SMILES string of the molecule is [2H]C([2H])([2H])c1cc2c(c(-c3cc(C)c4c(C)cccc4[n+]3C)c1C)Cc1nc3ccccc3n1-2. The molecule has 0 spiro atoms. The summed E-state index contributed by atoms with van der Waals surface area (Å²) in [6.07, 6.45) is 0.673. The molecule has 0 bridgehead atoms. The Bertz CT molecular complexity index is 1660. The second-order valence-electron chi connectivity index (χ2n) is 8.69. The molecular weight excluding hydrogens is 378 g/mol. The number of pyridine rings is 1. The highest BCUT2D eigenvalue weighted by Crippen LogP contribution is 2.41. The summed E-state index contributed by atoms with van der Waals surface area (Å²) in [6.45, 7) is 4.01. The van der Waals surface area contributed by atoms with Crippen molar-refractivity contribution < 1.29 is 8.68 Å². The summed E-state index contributed by atoms with van der Waals surface area (Å²) in [5, 5.41) is 1.24. The molecule has 0 N–H and O–H groups in total. The fourth-order valence-electron chi connectivity index (χ4n) is 5.36. The Balaban J connectivity index is 1.74. The van der Waals surface area contributed by atoms with Crippen LogP contribution in [0, 0.1) is 27.6 Å². The second-order valence-corrected chi connectivity index (χ2v) is 8.69. The predicted molar refractivity (Wildman–Crippen MR) is 127 cm³/mol. The van der Waals surface area contributed by atoms with E-state index in [2.05, 4.69) is 60.4 Å². The lowest BCUT2D eigenvalue weighted by atomic mass is 9.91. The van der Waals surface area contributed by atoms with Gasteiger partial charge in [0, 0.05) is 22.7 Å². The van der Waals surface area contributed by atoms with Crippen LogP contribution < -0.4 is 4.57 Å². The zero-order valence-electron chi connectivity index (χ0n) is 21.2. The molecule has 0 saturated carbocycles. The van der Waals surface area contributed by atoms with E-state index >= 15 is 0 Å². The zero-order chi connectivity index (χ0) is 23.9. The smallest absolute Gasteiger partial charge is 0.213 e. The summed E-state index contributed by atoms with van der Waals surface area (Å²) in [5.74, 6) is 0.954. The minimum atomic E-state index is -2.21. The fraction of sp³-hybridized carbons (Fsp3) is 0.214. The molecule has 0 radical (unpaired) electrons. The minimum absolute atomic E-state index is 0.397. The Kier molecular flexibility index (Phi) is 3.11. The van der Waals surface area contributed by atoms with Crippen molar-refractivity contribution >= 4 is 21.9 Å². The number of nitrogens with zero attached hydrogens (tertiary/aromatic N) is 3. The fourth-order valence-corrected chi connectivity index (χ4v) is 5.36. The first-order valence-corrected chi connectivity index (χ1v) is 10.7. The lowest BCUT2D eigenvalue weighted by Gasteiger charge is -2.16. The van der Waals surface area contributed by atoms with Gasteiger partial charge in [-0.05, 0) is 73.6 Å². The highest BCUT2D eigenvalue weighted by Gasteiger charge is 2.30. The van der Waals surface area contributed by atoms with Crippen molar-refractivity contribution in [3.05, 3.63) is 88.2 Å². The molecule has 0 fully saturated rings.